The molecule has 0 aliphatic carbocycles. The summed E-state index contributed by atoms with van der Waals surface area (Å²) in [6.07, 6.45) is 1.59. The zero-order chi connectivity index (χ0) is 21.7. The van der Waals surface area contributed by atoms with E-state index in [4.69, 9.17) is 15.9 Å². The van der Waals surface area contributed by atoms with E-state index in [0.29, 0.717) is 12.2 Å². The summed E-state index contributed by atoms with van der Waals surface area (Å²) in [4.78, 5) is 57.8. The molecule has 0 aliphatic heterocycles. The molecule has 0 radical (unpaired) electrons. The smallest absolute Gasteiger partial charge is 0.322 e. The molecule has 0 aromatic heterocycles. The van der Waals surface area contributed by atoms with Crippen LogP contribution in [0.3, 0.4) is 0 Å². The van der Waals surface area contributed by atoms with Crippen LogP contribution in [0.2, 0.25) is 0 Å². The van der Waals surface area contributed by atoms with E-state index < -0.39 is 60.8 Å². The molecule has 0 saturated heterocycles. The highest BCUT2D eigenvalue weighted by atomic mass is 32.2. The van der Waals surface area contributed by atoms with Crippen molar-refractivity contribution in [3.63, 3.8) is 0 Å². The molecule has 0 fully saturated rings. The second-order valence-corrected chi connectivity index (χ2v) is 7.09. The maximum atomic E-state index is 12.4. The summed E-state index contributed by atoms with van der Waals surface area (Å²) in [6.45, 7) is -0.685. The molecule has 0 bridgehead atoms. The van der Waals surface area contributed by atoms with Gasteiger partial charge in [0.25, 0.3) is 0 Å². The van der Waals surface area contributed by atoms with Gasteiger partial charge in [0.05, 0.1) is 6.04 Å². The first-order valence-electron chi connectivity index (χ1n) is 8.29. The molecular weight excluding hydrogens is 412 g/mol. The largest absolute Gasteiger partial charge is 0.481 e. The number of thioether (sulfide) groups is 1. The third kappa shape index (κ3) is 11.0. The standard InChI is InChI=1S/C15H26N4O7S2/c1-28-5-4-8(16)13(24)19-10(7-27)15(26)18-9(2-3-11(20)21)14(25)17-6-12(22)23/h8-10,27H,2-7,16H2,1H3,(H,17,25)(H,18,26)(H,19,24)(H,20,21)(H,22,23). The molecule has 0 spiro atoms. The molecule has 7 N–H and O–H groups in total. The second-order valence-electron chi connectivity index (χ2n) is 5.74. The summed E-state index contributed by atoms with van der Waals surface area (Å²) in [5.74, 6) is -4.08. The fraction of sp³-hybridized carbons (Fsp3) is 0.667. The Labute approximate surface area is 172 Å². The van der Waals surface area contributed by atoms with Gasteiger partial charge in [-0.1, -0.05) is 0 Å². The van der Waals surface area contributed by atoms with Gasteiger partial charge in [0.1, 0.15) is 18.6 Å². The Balaban J connectivity index is 4.96. The van der Waals surface area contributed by atoms with Crippen LogP contribution in [-0.2, 0) is 24.0 Å². The van der Waals surface area contributed by atoms with Crippen molar-refractivity contribution in [3.8, 4) is 0 Å². The molecule has 0 heterocycles. The van der Waals surface area contributed by atoms with Gasteiger partial charge in [-0.05, 0) is 24.9 Å². The zero-order valence-corrected chi connectivity index (χ0v) is 17.1. The Bertz CT molecular complexity index is 577. The van der Waals surface area contributed by atoms with E-state index in [1.807, 2.05) is 6.26 Å². The Morgan fingerprint density at radius 2 is 1.57 bits per heavy atom. The minimum Gasteiger partial charge on any atom is -0.481 e. The van der Waals surface area contributed by atoms with Crippen molar-refractivity contribution in [1.29, 1.82) is 0 Å². The van der Waals surface area contributed by atoms with Crippen LogP contribution in [0.25, 0.3) is 0 Å². The van der Waals surface area contributed by atoms with Crippen molar-refractivity contribution in [1.82, 2.24) is 16.0 Å². The van der Waals surface area contributed by atoms with Crippen LogP contribution in [0, 0.1) is 0 Å². The predicted octanol–water partition coefficient (Wildman–Crippen LogP) is -1.97. The molecule has 160 valence electrons. The Hall–Kier alpha value is -1.99. The topological polar surface area (TPSA) is 188 Å². The highest BCUT2D eigenvalue weighted by Crippen LogP contribution is 2.02. The minimum absolute atomic E-state index is 0.0881. The number of hydrogen-bond donors (Lipinski definition) is 7. The maximum Gasteiger partial charge on any atom is 0.322 e. The van der Waals surface area contributed by atoms with Crippen LogP contribution in [0.15, 0.2) is 0 Å². The van der Waals surface area contributed by atoms with Crippen LogP contribution in [0.4, 0.5) is 0 Å². The molecule has 13 heteroatoms. The minimum atomic E-state index is -1.30. The zero-order valence-electron chi connectivity index (χ0n) is 15.3. The van der Waals surface area contributed by atoms with E-state index in [1.165, 1.54) is 11.8 Å². The molecule has 28 heavy (non-hydrogen) atoms. The fourth-order valence-corrected chi connectivity index (χ4v) is 2.69. The lowest BCUT2D eigenvalue weighted by molar-refractivity contribution is -0.140. The average Bonchev–Trinajstić information content (AvgIpc) is 2.64. The second kappa shape index (κ2) is 14.1. The van der Waals surface area contributed by atoms with Crippen molar-refractivity contribution in [2.24, 2.45) is 5.73 Å². The van der Waals surface area contributed by atoms with E-state index in [2.05, 4.69) is 28.6 Å². The Morgan fingerprint density at radius 1 is 0.964 bits per heavy atom. The highest BCUT2D eigenvalue weighted by molar-refractivity contribution is 7.98. The van der Waals surface area contributed by atoms with E-state index in [1.54, 1.807) is 0 Å². The number of aliphatic carboxylic acids is 2. The molecule has 3 unspecified atom stereocenters. The number of carbonyl (C=O) groups excluding carboxylic acids is 3. The van der Waals surface area contributed by atoms with E-state index in [-0.39, 0.29) is 12.2 Å². The summed E-state index contributed by atoms with van der Waals surface area (Å²) in [5.41, 5.74) is 5.74. The summed E-state index contributed by atoms with van der Waals surface area (Å²) in [6, 6.07) is -3.20. The SMILES string of the molecule is CSCCC(N)C(=O)NC(CS)C(=O)NC(CCC(=O)O)C(=O)NCC(=O)O. The summed E-state index contributed by atoms with van der Waals surface area (Å²) < 4.78 is 0. The summed E-state index contributed by atoms with van der Waals surface area (Å²) in [5, 5.41) is 24.2. The number of thiol groups is 1. The number of amides is 3. The summed E-state index contributed by atoms with van der Waals surface area (Å²) in [7, 11) is 0. The number of carboxylic acid groups (broad SMARTS) is 2. The molecule has 0 aromatic rings. The number of carboxylic acids is 2. The lowest BCUT2D eigenvalue weighted by Gasteiger charge is -2.22. The number of nitrogens with two attached hydrogens (primary N) is 1. The number of hydrogen-bond acceptors (Lipinski definition) is 8. The Morgan fingerprint density at radius 3 is 2.07 bits per heavy atom. The normalized spacial score (nSPS) is 13.7. The van der Waals surface area contributed by atoms with Gasteiger partial charge >= 0.3 is 11.9 Å². The quantitative estimate of drug-likeness (QED) is 0.151. The van der Waals surface area contributed by atoms with E-state index in [9.17, 15) is 24.0 Å². The first kappa shape index (κ1) is 26.0. The first-order chi connectivity index (χ1) is 13.1. The molecule has 0 aromatic carbocycles. The van der Waals surface area contributed by atoms with Gasteiger partial charge in [0.2, 0.25) is 17.7 Å². The first-order valence-corrected chi connectivity index (χ1v) is 10.3. The molecule has 0 aliphatic rings. The van der Waals surface area contributed by atoms with Gasteiger partial charge in [-0.15, -0.1) is 0 Å². The van der Waals surface area contributed by atoms with E-state index >= 15 is 0 Å². The molecule has 11 nitrogen and oxygen atoms in total. The third-order valence-corrected chi connectivity index (χ3v) is 4.49. The predicted molar refractivity (Wildman–Crippen MR) is 106 cm³/mol. The van der Waals surface area contributed by atoms with E-state index in [0.717, 1.165) is 0 Å². The summed E-state index contributed by atoms with van der Waals surface area (Å²) >= 11 is 5.52. The number of rotatable bonds is 14. The third-order valence-electron chi connectivity index (χ3n) is 3.48. The van der Waals surface area contributed by atoms with Crippen LogP contribution in [-0.4, -0.2) is 82.3 Å². The van der Waals surface area contributed by atoms with Crippen molar-refractivity contribution >= 4 is 54.1 Å². The van der Waals surface area contributed by atoms with Crippen molar-refractivity contribution < 1.29 is 34.2 Å². The van der Waals surface area contributed by atoms with Gasteiger partial charge in [-0.25, -0.2) is 0 Å². The molecule has 0 saturated carbocycles. The highest BCUT2D eigenvalue weighted by Gasteiger charge is 2.27. The van der Waals surface area contributed by atoms with Gasteiger partial charge in [-0.3, -0.25) is 24.0 Å². The molecular formula is C15H26N4O7S2. The van der Waals surface area contributed by atoms with Gasteiger partial charge in [-0.2, -0.15) is 24.4 Å². The fourth-order valence-electron chi connectivity index (χ4n) is 1.94. The van der Waals surface area contributed by atoms with Crippen LogP contribution >= 0.6 is 24.4 Å². The van der Waals surface area contributed by atoms with Crippen molar-refractivity contribution in [3.05, 3.63) is 0 Å². The van der Waals surface area contributed by atoms with Crippen LogP contribution in [0.1, 0.15) is 19.3 Å². The molecule has 0 rings (SSSR count). The van der Waals surface area contributed by atoms with Crippen LogP contribution in [0.5, 0.6) is 0 Å². The lowest BCUT2D eigenvalue weighted by Crippen LogP contribution is -2.56. The lowest BCUT2D eigenvalue weighted by atomic mass is 10.1. The average molecular weight is 439 g/mol. The monoisotopic (exact) mass is 438 g/mol. The van der Waals surface area contributed by atoms with Crippen molar-refractivity contribution in [2.45, 2.75) is 37.4 Å². The Kier molecular flexibility index (Phi) is 13.1. The number of carbonyl (C=O) groups is 5. The van der Waals surface area contributed by atoms with Gasteiger partial charge in [0, 0.05) is 12.2 Å². The maximum absolute atomic E-state index is 12.4. The van der Waals surface area contributed by atoms with Gasteiger partial charge < -0.3 is 31.9 Å². The molecule has 3 atom stereocenters. The van der Waals surface area contributed by atoms with Crippen LogP contribution < -0.4 is 21.7 Å². The molecule has 3 amide bonds. The van der Waals surface area contributed by atoms with Gasteiger partial charge in [0.15, 0.2) is 0 Å². The number of nitrogens with one attached hydrogen (secondary N) is 3. The van der Waals surface area contributed by atoms with Crippen molar-refractivity contribution in [2.75, 3.05) is 24.3 Å².